The van der Waals surface area contributed by atoms with Crippen LogP contribution < -0.4 is 15.5 Å². The average molecular weight is 314 g/mol. The Morgan fingerprint density at radius 3 is 2.52 bits per heavy atom. The Labute approximate surface area is 135 Å². The van der Waals surface area contributed by atoms with E-state index in [-0.39, 0.29) is 17.7 Å². The van der Waals surface area contributed by atoms with Gasteiger partial charge in [0.25, 0.3) is 0 Å². The van der Waals surface area contributed by atoms with Crippen LogP contribution in [0.5, 0.6) is 0 Å². The van der Waals surface area contributed by atoms with Crippen LogP contribution in [0.25, 0.3) is 0 Å². The second-order valence-electron chi connectivity index (χ2n) is 7.04. The quantitative estimate of drug-likeness (QED) is 0.790. The molecule has 0 aromatic carbocycles. The molecular formula is C17H22N4O2. The highest BCUT2D eigenvalue weighted by Gasteiger charge is 2.39. The molecule has 6 nitrogen and oxygen atoms in total. The monoisotopic (exact) mass is 314 g/mol. The van der Waals surface area contributed by atoms with Crippen LogP contribution in [0.4, 0.5) is 5.82 Å². The number of imide groups is 1. The summed E-state index contributed by atoms with van der Waals surface area (Å²) in [4.78, 5) is 30.1. The summed E-state index contributed by atoms with van der Waals surface area (Å²) in [6.07, 6.45) is 5.21. The maximum absolute atomic E-state index is 11.9. The summed E-state index contributed by atoms with van der Waals surface area (Å²) in [6.45, 7) is 4.41. The highest BCUT2D eigenvalue weighted by molar-refractivity contribution is 6.00. The fraction of sp³-hybridized carbons (Fsp3) is 0.588. The van der Waals surface area contributed by atoms with E-state index in [0.29, 0.717) is 18.3 Å². The number of piperidine rings is 2. The molecule has 6 heteroatoms. The number of rotatable bonds is 2. The van der Waals surface area contributed by atoms with E-state index >= 15 is 0 Å². The summed E-state index contributed by atoms with van der Waals surface area (Å²) >= 11 is 0. The lowest BCUT2D eigenvalue weighted by Crippen LogP contribution is -2.58. The summed E-state index contributed by atoms with van der Waals surface area (Å²) < 4.78 is 0. The number of nitrogens with one attached hydrogen (secondary N) is 2. The van der Waals surface area contributed by atoms with Crippen molar-refractivity contribution in [1.29, 1.82) is 0 Å². The van der Waals surface area contributed by atoms with Crippen molar-refractivity contribution < 1.29 is 9.59 Å². The summed E-state index contributed by atoms with van der Waals surface area (Å²) in [7, 11) is 0. The van der Waals surface area contributed by atoms with E-state index in [1.165, 1.54) is 12.8 Å². The van der Waals surface area contributed by atoms with E-state index in [1.54, 1.807) is 6.20 Å². The van der Waals surface area contributed by atoms with Gasteiger partial charge < -0.3 is 10.2 Å². The minimum Gasteiger partial charge on any atom is -0.357 e. The third-order valence-electron chi connectivity index (χ3n) is 5.56. The van der Waals surface area contributed by atoms with Crippen LogP contribution in [0, 0.1) is 5.41 Å². The minimum absolute atomic E-state index is 0.177. The molecule has 1 aromatic heterocycles. The fourth-order valence-corrected chi connectivity index (χ4v) is 3.84. The summed E-state index contributed by atoms with van der Waals surface area (Å²) in [5.41, 5.74) is 1.43. The summed E-state index contributed by atoms with van der Waals surface area (Å²) in [5, 5.41) is 5.79. The number of amides is 2. The van der Waals surface area contributed by atoms with E-state index in [1.807, 2.05) is 12.1 Å². The van der Waals surface area contributed by atoms with Crippen molar-refractivity contribution in [2.75, 3.05) is 31.1 Å². The molecule has 0 bridgehead atoms. The standard InChI is InChI=1S/C17H22N4O2/c22-15-4-2-13(16(23)20-15)12-1-3-14(19-9-12)21-7-5-17(6-8-21)10-18-11-17/h1,3,9,13,18H,2,4-8,10-11H2,(H,20,22,23). The van der Waals surface area contributed by atoms with Crippen LogP contribution in [0.2, 0.25) is 0 Å². The van der Waals surface area contributed by atoms with E-state index in [0.717, 1.165) is 37.6 Å². The molecule has 1 spiro atoms. The van der Waals surface area contributed by atoms with Crippen LogP contribution >= 0.6 is 0 Å². The smallest absolute Gasteiger partial charge is 0.234 e. The van der Waals surface area contributed by atoms with Crippen molar-refractivity contribution in [2.24, 2.45) is 5.41 Å². The Hall–Kier alpha value is -1.95. The largest absolute Gasteiger partial charge is 0.357 e. The van der Waals surface area contributed by atoms with Gasteiger partial charge in [0, 0.05) is 38.8 Å². The minimum atomic E-state index is -0.250. The highest BCUT2D eigenvalue weighted by atomic mass is 16.2. The Kier molecular flexibility index (Phi) is 3.56. The number of carbonyl (C=O) groups excluding carboxylic acids is 2. The molecule has 2 amide bonds. The molecule has 1 unspecified atom stereocenters. The number of hydrogen-bond donors (Lipinski definition) is 2. The molecule has 23 heavy (non-hydrogen) atoms. The second-order valence-corrected chi connectivity index (χ2v) is 7.04. The van der Waals surface area contributed by atoms with E-state index < -0.39 is 0 Å². The van der Waals surface area contributed by atoms with Gasteiger partial charge >= 0.3 is 0 Å². The maximum atomic E-state index is 11.9. The molecule has 3 aliphatic heterocycles. The molecule has 2 N–H and O–H groups in total. The van der Waals surface area contributed by atoms with Crippen LogP contribution in [-0.4, -0.2) is 43.0 Å². The Morgan fingerprint density at radius 2 is 1.96 bits per heavy atom. The molecule has 0 saturated carbocycles. The van der Waals surface area contributed by atoms with Gasteiger partial charge in [-0.05, 0) is 36.3 Å². The van der Waals surface area contributed by atoms with Gasteiger partial charge in [0.05, 0.1) is 5.92 Å². The molecule has 0 radical (unpaired) electrons. The molecule has 4 rings (SSSR count). The van der Waals surface area contributed by atoms with E-state index in [2.05, 4.69) is 20.5 Å². The van der Waals surface area contributed by atoms with Crippen molar-refractivity contribution in [2.45, 2.75) is 31.6 Å². The number of aromatic nitrogens is 1. The van der Waals surface area contributed by atoms with E-state index in [4.69, 9.17) is 0 Å². The highest BCUT2D eigenvalue weighted by Crippen LogP contribution is 2.36. The number of hydrogen-bond acceptors (Lipinski definition) is 5. The average Bonchev–Trinajstić information content (AvgIpc) is 2.54. The van der Waals surface area contributed by atoms with Gasteiger partial charge in [-0.3, -0.25) is 14.9 Å². The van der Waals surface area contributed by atoms with Crippen molar-refractivity contribution in [3.8, 4) is 0 Å². The molecule has 3 saturated heterocycles. The maximum Gasteiger partial charge on any atom is 0.234 e. The zero-order valence-electron chi connectivity index (χ0n) is 13.2. The van der Waals surface area contributed by atoms with Gasteiger partial charge in [-0.15, -0.1) is 0 Å². The van der Waals surface area contributed by atoms with Crippen LogP contribution in [0.3, 0.4) is 0 Å². The van der Waals surface area contributed by atoms with E-state index in [9.17, 15) is 9.59 Å². The van der Waals surface area contributed by atoms with Gasteiger partial charge in [0.15, 0.2) is 0 Å². The van der Waals surface area contributed by atoms with Crippen molar-refractivity contribution in [3.63, 3.8) is 0 Å². The Morgan fingerprint density at radius 1 is 1.17 bits per heavy atom. The lowest BCUT2D eigenvalue weighted by molar-refractivity contribution is -0.134. The third kappa shape index (κ3) is 2.72. The molecule has 1 aromatic rings. The SMILES string of the molecule is O=C1CCC(c2ccc(N3CCC4(CC3)CNC4)nc2)C(=O)N1. The second kappa shape index (κ2) is 5.60. The fourth-order valence-electron chi connectivity index (χ4n) is 3.84. The number of nitrogens with zero attached hydrogens (tertiary/aromatic N) is 2. The van der Waals surface area contributed by atoms with Gasteiger partial charge in [0.2, 0.25) is 11.8 Å². The molecule has 122 valence electrons. The van der Waals surface area contributed by atoms with Gasteiger partial charge in [0.1, 0.15) is 5.82 Å². The van der Waals surface area contributed by atoms with Crippen molar-refractivity contribution in [1.82, 2.24) is 15.6 Å². The van der Waals surface area contributed by atoms with Gasteiger partial charge in [-0.25, -0.2) is 4.98 Å². The zero-order chi connectivity index (χ0) is 15.9. The van der Waals surface area contributed by atoms with Crippen LogP contribution in [-0.2, 0) is 9.59 Å². The Balaban J connectivity index is 1.42. The molecular weight excluding hydrogens is 292 g/mol. The summed E-state index contributed by atoms with van der Waals surface area (Å²) in [5.74, 6) is 0.361. The first-order chi connectivity index (χ1) is 11.2. The third-order valence-corrected chi connectivity index (χ3v) is 5.56. The number of anilines is 1. The van der Waals surface area contributed by atoms with Gasteiger partial charge in [-0.2, -0.15) is 0 Å². The predicted octanol–water partition coefficient (Wildman–Crippen LogP) is 0.792. The lowest BCUT2D eigenvalue weighted by Gasteiger charge is -2.48. The molecule has 0 aliphatic carbocycles. The Bertz CT molecular complexity index is 614. The van der Waals surface area contributed by atoms with Gasteiger partial charge in [-0.1, -0.05) is 6.07 Å². The zero-order valence-corrected chi connectivity index (χ0v) is 13.2. The van der Waals surface area contributed by atoms with Crippen molar-refractivity contribution in [3.05, 3.63) is 23.9 Å². The molecule has 4 heterocycles. The first-order valence-corrected chi connectivity index (χ1v) is 8.41. The normalized spacial score (nSPS) is 26.8. The van der Waals surface area contributed by atoms with Crippen LogP contribution in [0.15, 0.2) is 18.3 Å². The molecule has 3 fully saturated rings. The topological polar surface area (TPSA) is 74.3 Å². The molecule has 3 aliphatic rings. The summed E-state index contributed by atoms with van der Waals surface area (Å²) in [6, 6.07) is 3.99. The predicted molar refractivity (Wildman–Crippen MR) is 86.1 cm³/mol. The first kappa shape index (κ1) is 14.6. The van der Waals surface area contributed by atoms with Crippen molar-refractivity contribution >= 4 is 17.6 Å². The number of carbonyl (C=O) groups is 2. The lowest BCUT2D eigenvalue weighted by atomic mass is 9.73. The molecule has 1 atom stereocenters. The van der Waals surface area contributed by atoms with Crippen LogP contribution in [0.1, 0.15) is 37.2 Å². The first-order valence-electron chi connectivity index (χ1n) is 8.41. The number of pyridine rings is 1.